The van der Waals surface area contributed by atoms with Crippen LogP contribution in [0.1, 0.15) is 11.1 Å². The van der Waals surface area contributed by atoms with Crippen LogP contribution < -0.4 is 15.0 Å². The van der Waals surface area contributed by atoms with E-state index < -0.39 is 11.6 Å². The number of hydrogen-bond donors (Lipinski definition) is 1. The number of carbonyl (C=O) groups excluding carboxylic acids is 1. The first-order valence-corrected chi connectivity index (χ1v) is 8.14. The molecule has 24 heavy (non-hydrogen) atoms. The van der Waals surface area contributed by atoms with Crippen molar-refractivity contribution in [2.45, 2.75) is 13.0 Å². The summed E-state index contributed by atoms with van der Waals surface area (Å²) in [6, 6.07) is 7.13. The lowest BCUT2D eigenvalue weighted by molar-refractivity contribution is 0.246. The maximum absolute atomic E-state index is 13.7. The van der Waals surface area contributed by atoms with Crippen LogP contribution in [0, 0.1) is 11.6 Å². The number of amides is 2. The zero-order chi connectivity index (χ0) is 17.3. The molecule has 0 bridgehead atoms. The molecule has 126 valence electrons. The molecular weight excluding hydrogens is 382 g/mol. The molecule has 0 spiro atoms. The van der Waals surface area contributed by atoms with Gasteiger partial charge in [-0.2, -0.15) is 0 Å². The van der Waals surface area contributed by atoms with E-state index in [4.69, 9.17) is 4.74 Å². The molecule has 7 heteroatoms. The third-order valence-electron chi connectivity index (χ3n) is 3.92. The number of carbonyl (C=O) groups is 1. The predicted octanol–water partition coefficient (Wildman–Crippen LogP) is 4.01. The van der Waals surface area contributed by atoms with Gasteiger partial charge in [-0.3, -0.25) is 4.90 Å². The number of rotatable bonds is 3. The smallest absolute Gasteiger partial charge is 0.322 e. The Kier molecular flexibility index (Phi) is 4.71. The van der Waals surface area contributed by atoms with Crippen molar-refractivity contribution in [2.24, 2.45) is 0 Å². The summed E-state index contributed by atoms with van der Waals surface area (Å²) in [5, 5.41) is 2.76. The van der Waals surface area contributed by atoms with Crippen molar-refractivity contribution in [3.8, 4) is 5.75 Å². The van der Waals surface area contributed by atoms with Gasteiger partial charge in [-0.25, -0.2) is 13.6 Å². The van der Waals surface area contributed by atoms with Gasteiger partial charge in [0.05, 0.1) is 17.3 Å². The third-order valence-corrected chi connectivity index (χ3v) is 4.53. The van der Waals surface area contributed by atoms with Crippen molar-refractivity contribution < 1.29 is 18.3 Å². The molecule has 1 aliphatic rings. The molecule has 1 N–H and O–H groups in total. The predicted molar refractivity (Wildman–Crippen MR) is 90.3 cm³/mol. The minimum Gasteiger partial charge on any atom is -0.494 e. The summed E-state index contributed by atoms with van der Waals surface area (Å²) in [5.41, 5.74) is 2.20. The number of methoxy groups -OCH3 is 1. The molecule has 1 aliphatic heterocycles. The van der Waals surface area contributed by atoms with E-state index in [9.17, 15) is 13.6 Å². The molecule has 0 radical (unpaired) electrons. The summed E-state index contributed by atoms with van der Waals surface area (Å²) < 4.78 is 32.4. The average Bonchev–Trinajstić information content (AvgIpc) is 2.97. The second-order valence-electron chi connectivity index (χ2n) is 5.42. The van der Waals surface area contributed by atoms with Gasteiger partial charge in [0.2, 0.25) is 0 Å². The fourth-order valence-electron chi connectivity index (χ4n) is 2.68. The lowest BCUT2D eigenvalue weighted by atomic mass is 10.2. The fraction of sp³-hybridized carbons (Fsp3) is 0.235. The Morgan fingerprint density at radius 3 is 2.83 bits per heavy atom. The number of ether oxygens (including phenoxy) is 1. The summed E-state index contributed by atoms with van der Waals surface area (Å²) in [6.07, 6.45) is 0.673. The Labute approximate surface area is 146 Å². The molecule has 1 heterocycles. The zero-order valence-electron chi connectivity index (χ0n) is 12.9. The number of nitrogens with one attached hydrogen (secondary N) is 1. The highest BCUT2D eigenvalue weighted by Gasteiger charge is 2.26. The van der Waals surface area contributed by atoms with Crippen LogP contribution >= 0.6 is 15.9 Å². The van der Waals surface area contributed by atoms with Crippen LogP contribution in [0.4, 0.5) is 19.3 Å². The fourth-order valence-corrected chi connectivity index (χ4v) is 3.07. The second kappa shape index (κ2) is 6.76. The van der Waals surface area contributed by atoms with Crippen molar-refractivity contribution in [3.63, 3.8) is 0 Å². The molecule has 2 aromatic carbocycles. The molecule has 2 aromatic rings. The molecule has 0 fully saturated rings. The topological polar surface area (TPSA) is 41.6 Å². The van der Waals surface area contributed by atoms with Crippen molar-refractivity contribution in [1.82, 2.24) is 5.32 Å². The van der Waals surface area contributed by atoms with Crippen LogP contribution in [-0.2, 0) is 13.0 Å². The van der Waals surface area contributed by atoms with Gasteiger partial charge in [-0.15, -0.1) is 0 Å². The Hall–Kier alpha value is -2.15. The number of hydrogen-bond acceptors (Lipinski definition) is 2. The lowest BCUT2D eigenvalue weighted by Gasteiger charge is -2.18. The van der Waals surface area contributed by atoms with Crippen LogP contribution in [0.2, 0.25) is 0 Å². The van der Waals surface area contributed by atoms with Crippen LogP contribution in [0.5, 0.6) is 5.75 Å². The highest BCUT2D eigenvalue weighted by molar-refractivity contribution is 9.10. The highest BCUT2D eigenvalue weighted by atomic mass is 79.9. The summed E-state index contributed by atoms with van der Waals surface area (Å²) >= 11 is 3.15. The number of benzene rings is 2. The minimum atomic E-state index is -0.456. The maximum atomic E-state index is 13.7. The number of urea groups is 1. The van der Waals surface area contributed by atoms with E-state index in [0.29, 0.717) is 28.7 Å². The van der Waals surface area contributed by atoms with Gasteiger partial charge < -0.3 is 10.1 Å². The average molecular weight is 397 g/mol. The molecule has 0 unspecified atom stereocenters. The Bertz CT molecular complexity index is 798. The van der Waals surface area contributed by atoms with Gasteiger partial charge in [-0.05, 0) is 57.7 Å². The van der Waals surface area contributed by atoms with Gasteiger partial charge in [0.1, 0.15) is 5.82 Å². The zero-order valence-corrected chi connectivity index (χ0v) is 14.5. The summed E-state index contributed by atoms with van der Waals surface area (Å²) in [7, 11) is 1.38. The molecule has 0 saturated heterocycles. The second-order valence-corrected chi connectivity index (χ2v) is 6.28. The van der Waals surface area contributed by atoms with E-state index in [2.05, 4.69) is 21.2 Å². The third kappa shape index (κ3) is 3.21. The van der Waals surface area contributed by atoms with Crippen LogP contribution in [0.3, 0.4) is 0 Å². The number of nitrogens with zero attached hydrogens (tertiary/aromatic N) is 1. The van der Waals surface area contributed by atoms with Crippen molar-refractivity contribution >= 4 is 27.6 Å². The Morgan fingerprint density at radius 2 is 2.08 bits per heavy atom. The summed E-state index contributed by atoms with van der Waals surface area (Å²) in [5.74, 6) is -0.737. The first-order chi connectivity index (χ1) is 11.5. The van der Waals surface area contributed by atoms with E-state index in [0.717, 1.165) is 5.56 Å². The van der Waals surface area contributed by atoms with Gasteiger partial charge >= 0.3 is 6.03 Å². The van der Waals surface area contributed by atoms with Gasteiger partial charge in [0.25, 0.3) is 0 Å². The maximum Gasteiger partial charge on any atom is 0.322 e. The largest absolute Gasteiger partial charge is 0.494 e. The number of anilines is 1. The first-order valence-electron chi connectivity index (χ1n) is 7.35. The van der Waals surface area contributed by atoms with Gasteiger partial charge in [-0.1, -0.05) is 6.07 Å². The summed E-state index contributed by atoms with van der Waals surface area (Å²) in [4.78, 5) is 13.9. The molecule has 2 amide bonds. The van der Waals surface area contributed by atoms with Crippen LogP contribution in [0.15, 0.2) is 34.8 Å². The standard InChI is InChI=1S/C17H15BrF2N2O2/c1-24-16-6-10(2-3-13(16)19)9-21-17(23)22-5-4-11-7-12(18)14(20)8-15(11)22/h2-3,6-8H,4-5,9H2,1H3,(H,21,23). The van der Waals surface area contributed by atoms with E-state index in [1.807, 2.05) is 0 Å². The van der Waals surface area contributed by atoms with E-state index >= 15 is 0 Å². The van der Waals surface area contributed by atoms with Crippen molar-refractivity contribution in [3.05, 3.63) is 57.6 Å². The van der Waals surface area contributed by atoms with Crippen molar-refractivity contribution in [1.29, 1.82) is 0 Å². The SMILES string of the molecule is COc1cc(CNC(=O)N2CCc3cc(Br)c(F)cc32)ccc1F. The Morgan fingerprint density at radius 1 is 1.29 bits per heavy atom. The van der Waals surface area contributed by atoms with Gasteiger partial charge in [0.15, 0.2) is 11.6 Å². The van der Waals surface area contributed by atoms with Crippen LogP contribution in [0.25, 0.3) is 0 Å². The lowest BCUT2D eigenvalue weighted by Crippen LogP contribution is -2.38. The number of fused-ring (bicyclic) bond motifs is 1. The molecule has 0 aliphatic carbocycles. The molecule has 0 saturated carbocycles. The molecular formula is C17H15BrF2N2O2. The summed E-state index contributed by atoms with van der Waals surface area (Å²) in [6.45, 7) is 0.712. The monoisotopic (exact) mass is 396 g/mol. The van der Waals surface area contributed by atoms with E-state index in [-0.39, 0.29) is 18.3 Å². The van der Waals surface area contributed by atoms with Crippen LogP contribution in [-0.4, -0.2) is 19.7 Å². The molecule has 0 atom stereocenters. The van der Waals surface area contributed by atoms with Gasteiger partial charge in [0, 0.05) is 13.1 Å². The highest BCUT2D eigenvalue weighted by Crippen LogP contribution is 2.32. The first kappa shape index (κ1) is 16.7. The molecule has 0 aromatic heterocycles. The molecule has 4 nitrogen and oxygen atoms in total. The quantitative estimate of drug-likeness (QED) is 0.851. The Balaban J connectivity index is 1.70. The number of halogens is 3. The van der Waals surface area contributed by atoms with E-state index in [1.165, 1.54) is 30.2 Å². The van der Waals surface area contributed by atoms with E-state index in [1.54, 1.807) is 12.1 Å². The normalized spacial score (nSPS) is 12.9. The minimum absolute atomic E-state index is 0.125. The van der Waals surface area contributed by atoms with Crippen molar-refractivity contribution in [2.75, 3.05) is 18.6 Å². The molecule has 3 rings (SSSR count).